The maximum atomic E-state index is 12.7. The zero-order chi connectivity index (χ0) is 14.8. The molecule has 0 fully saturated rings. The summed E-state index contributed by atoms with van der Waals surface area (Å²) in [5.41, 5.74) is 6.86. The summed E-state index contributed by atoms with van der Waals surface area (Å²) < 4.78 is 34.0. The normalized spacial score (nSPS) is 11.1. The molecule has 0 aliphatic heterocycles. The fourth-order valence-corrected chi connectivity index (χ4v) is 2.00. The number of anilines is 2. The van der Waals surface area contributed by atoms with Crippen LogP contribution in [0.25, 0.3) is 0 Å². The van der Waals surface area contributed by atoms with E-state index in [0.717, 1.165) is 12.1 Å². The Bertz CT molecular complexity index is 725. The smallest absolute Gasteiger partial charge is 0.332 e. The van der Waals surface area contributed by atoms with Gasteiger partial charge in [0.2, 0.25) is 0 Å². The topological polar surface area (TPSA) is 89.3 Å². The quantitative estimate of drug-likeness (QED) is 0.670. The number of rotatable bonds is 3. The van der Waals surface area contributed by atoms with Crippen LogP contribution in [-0.2, 0) is 10.2 Å². The number of hydrogen-bond acceptors (Lipinski definition) is 4. The lowest BCUT2D eigenvalue weighted by molar-refractivity contribution is 0.102. The maximum absolute atomic E-state index is 12.7. The molecule has 7 heteroatoms. The number of amides is 1. The molecule has 5 nitrogen and oxygen atoms in total. The number of nitrogens with two attached hydrogens (primary N) is 1. The minimum atomic E-state index is -4.75. The first-order chi connectivity index (χ1) is 9.36. The van der Waals surface area contributed by atoms with Gasteiger partial charge in [0.1, 0.15) is 0 Å². The van der Waals surface area contributed by atoms with Crippen LogP contribution in [0.3, 0.4) is 0 Å². The highest BCUT2D eigenvalue weighted by Crippen LogP contribution is 2.15. The Labute approximate surface area is 115 Å². The predicted molar refractivity (Wildman–Crippen MR) is 73.5 cm³/mol. The Morgan fingerprint density at radius 2 is 1.55 bits per heavy atom. The van der Waals surface area contributed by atoms with Crippen molar-refractivity contribution in [3.8, 4) is 0 Å². The Balaban J connectivity index is 2.15. The van der Waals surface area contributed by atoms with E-state index in [9.17, 15) is 17.1 Å². The van der Waals surface area contributed by atoms with Crippen molar-refractivity contribution in [1.82, 2.24) is 0 Å². The van der Waals surface area contributed by atoms with E-state index in [-0.39, 0.29) is 5.56 Å². The van der Waals surface area contributed by atoms with E-state index in [1.165, 1.54) is 12.1 Å². The zero-order valence-electron chi connectivity index (χ0n) is 10.2. The second kappa shape index (κ2) is 5.30. The number of benzene rings is 2. The van der Waals surface area contributed by atoms with Crippen molar-refractivity contribution < 1.29 is 17.1 Å². The third-order valence-electron chi connectivity index (χ3n) is 2.57. The monoisotopic (exact) mass is 294 g/mol. The molecule has 0 saturated carbocycles. The number of halogens is 1. The van der Waals surface area contributed by atoms with Gasteiger partial charge in [0.25, 0.3) is 5.91 Å². The summed E-state index contributed by atoms with van der Waals surface area (Å²) in [5.74, 6) is -0.433. The zero-order valence-corrected chi connectivity index (χ0v) is 11.0. The van der Waals surface area contributed by atoms with Gasteiger partial charge in [0.15, 0.2) is 0 Å². The molecular formula is C13H11FN2O3S. The van der Waals surface area contributed by atoms with Crippen molar-refractivity contribution in [2.75, 3.05) is 11.1 Å². The molecule has 2 rings (SSSR count). The summed E-state index contributed by atoms with van der Waals surface area (Å²) >= 11 is 0. The number of carbonyl (C=O) groups excluding carboxylic acids is 1. The van der Waals surface area contributed by atoms with E-state index in [0.29, 0.717) is 11.4 Å². The summed E-state index contributed by atoms with van der Waals surface area (Å²) in [5, 5.41) is 2.61. The summed E-state index contributed by atoms with van der Waals surface area (Å²) in [4.78, 5) is 11.4. The molecule has 0 saturated heterocycles. The van der Waals surface area contributed by atoms with Gasteiger partial charge in [0, 0.05) is 16.9 Å². The number of carbonyl (C=O) groups is 1. The molecule has 0 bridgehead atoms. The Morgan fingerprint density at radius 3 is 2.05 bits per heavy atom. The van der Waals surface area contributed by atoms with Gasteiger partial charge in [-0.15, -0.1) is 3.89 Å². The maximum Gasteiger partial charge on any atom is 0.332 e. The Morgan fingerprint density at radius 1 is 1.00 bits per heavy atom. The molecule has 2 aromatic carbocycles. The molecule has 0 aliphatic carbocycles. The molecule has 0 radical (unpaired) electrons. The highest BCUT2D eigenvalue weighted by atomic mass is 32.3. The Hall–Kier alpha value is -2.41. The molecule has 3 N–H and O–H groups in total. The van der Waals surface area contributed by atoms with Crippen LogP contribution in [0.15, 0.2) is 53.4 Å². The van der Waals surface area contributed by atoms with Crippen molar-refractivity contribution in [1.29, 1.82) is 0 Å². The summed E-state index contributed by atoms with van der Waals surface area (Å²) in [6.07, 6.45) is 0. The first kappa shape index (κ1) is 14.0. The first-order valence-electron chi connectivity index (χ1n) is 5.58. The minimum Gasteiger partial charge on any atom is -0.399 e. The molecule has 1 amide bonds. The predicted octanol–water partition coefficient (Wildman–Crippen LogP) is 2.18. The molecule has 0 heterocycles. The van der Waals surface area contributed by atoms with Gasteiger partial charge in [-0.25, -0.2) is 0 Å². The molecule has 0 unspecified atom stereocenters. The summed E-state index contributed by atoms with van der Waals surface area (Å²) in [6.45, 7) is 0. The van der Waals surface area contributed by atoms with Gasteiger partial charge in [-0.2, -0.15) is 8.42 Å². The SMILES string of the molecule is Nc1ccc(NC(=O)c2ccc(S(=O)(=O)F)cc2)cc1. The van der Waals surface area contributed by atoms with Gasteiger partial charge in [-0.05, 0) is 48.5 Å². The van der Waals surface area contributed by atoms with Crippen LogP contribution in [0, 0.1) is 0 Å². The number of hydrogen-bond donors (Lipinski definition) is 2. The molecule has 104 valence electrons. The van der Waals surface area contributed by atoms with Crippen LogP contribution in [0.4, 0.5) is 15.3 Å². The molecule has 20 heavy (non-hydrogen) atoms. The molecule has 0 aromatic heterocycles. The van der Waals surface area contributed by atoms with Crippen LogP contribution in [-0.4, -0.2) is 14.3 Å². The molecule has 0 spiro atoms. The molecular weight excluding hydrogens is 283 g/mol. The van der Waals surface area contributed by atoms with E-state index >= 15 is 0 Å². The van der Waals surface area contributed by atoms with Crippen LogP contribution in [0.5, 0.6) is 0 Å². The van der Waals surface area contributed by atoms with Crippen LogP contribution in [0.2, 0.25) is 0 Å². The van der Waals surface area contributed by atoms with E-state index < -0.39 is 21.0 Å². The van der Waals surface area contributed by atoms with Gasteiger partial charge in [0.05, 0.1) is 4.90 Å². The average molecular weight is 294 g/mol. The molecule has 0 atom stereocenters. The Kier molecular flexibility index (Phi) is 3.71. The van der Waals surface area contributed by atoms with E-state index in [4.69, 9.17) is 5.73 Å². The summed E-state index contributed by atoms with van der Waals surface area (Å²) in [7, 11) is -4.75. The van der Waals surface area contributed by atoms with E-state index in [2.05, 4.69) is 5.32 Å². The highest BCUT2D eigenvalue weighted by Gasteiger charge is 2.13. The summed E-state index contributed by atoms with van der Waals surface area (Å²) in [6, 6.07) is 11.1. The van der Waals surface area contributed by atoms with Crippen molar-refractivity contribution in [2.24, 2.45) is 0 Å². The second-order valence-electron chi connectivity index (χ2n) is 4.04. The van der Waals surface area contributed by atoms with Crippen LogP contribution in [0.1, 0.15) is 10.4 Å². The van der Waals surface area contributed by atoms with Gasteiger partial charge < -0.3 is 11.1 Å². The van der Waals surface area contributed by atoms with Crippen molar-refractivity contribution >= 4 is 27.5 Å². The van der Waals surface area contributed by atoms with Crippen molar-refractivity contribution in [3.05, 3.63) is 54.1 Å². The minimum absolute atomic E-state index is 0.217. The molecule has 0 aliphatic rings. The van der Waals surface area contributed by atoms with Crippen LogP contribution >= 0.6 is 0 Å². The van der Waals surface area contributed by atoms with E-state index in [1.807, 2.05) is 0 Å². The van der Waals surface area contributed by atoms with Gasteiger partial charge >= 0.3 is 10.2 Å². The standard InChI is InChI=1S/C13H11FN2O3S/c14-20(18,19)12-7-1-9(2-8-12)13(17)16-11-5-3-10(15)4-6-11/h1-8H,15H2,(H,16,17). The van der Waals surface area contributed by atoms with E-state index in [1.54, 1.807) is 24.3 Å². The largest absolute Gasteiger partial charge is 0.399 e. The average Bonchev–Trinajstić information content (AvgIpc) is 2.40. The van der Waals surface area contributed by atoms with Crippen molar-refractivity contribution in [2.45, 2.75) is 4.90 Å². The molecule has 2 aromatic rings. The van der Waals surface area contributed by atoms with Crippen LogP contribution < -0.4 is 11.1 Å². The third kappa shape index (κ3) is 3.33. The lowest BCUT2D eigenvalue weighted by Crippen LogP contribution is -2.11. The third-order valence-corrected chi connectivity index (χ3v) is 3.40. The fraction of sp³-hybridized carbons (Fsp3) is 0. The lowest BCUT2D eigenvalue weighted by Gasteiger charge is -2.05. The van der Waals surface area contributed by atoms with Gasteiger partial charge in [-0.1, -0.05) is 0 Å². The highest BCUT2D eigenvalue weighted by molar-refractivity contribution is 7.86. The first-order valence-corrected chi connectivity index (χ1v) is 6.96. The second-order valence-corrected chi connectivity index (χ2v) is 5.39. The fourth-order valence-electron chi connectivity index (χ4n) is 1.54. The van der Waals surface area contributed by atoms with Crippen molar-refractivity contribution in [3.63, 3.8) is 0 Å². The number of nitrogen functional groups attached to an aromatic ring is 1. The number of nitrogens with one attached hydrogen (secondary N) is 1. The van der Waals surface area contributed by atoms with Gasteiger partial charge in [-0.3, -0.25) is 4.79 Å². The lowest BCUT2D eigenvalue weighted by atomic mass is 10.2.